The van der Waals surface area contributed by atoms with Gasteiger partial charge < -0.3 is 45.2 Å². The van der Waals surface area contributed by atoms with Crippen LogP contribution in [0.25, 0.3) is 0 Å². The van der Waals surface area contributed by atoms with Gasteiger partial charge in [-0.3, -0.25) is 28.0 Å². The maximum absolute atomic E-state index is 12.3. The molecule has 0 aromatic carbocycles. The molecule has 246 valence electrons. The summed E-state index contributed by atoms with van der Waals surface area (Å²) in [6, 6.07) is 0. The van der Waals surface area contributed by atoms with E-state index >= 15 is 0 Å². The van der Waals surface area contributed by atoms with E-state index in [9.17, 15) is 48.1 Å². The number of thioether (sulfide) groups is 1. The zero-order valence-electron chi connectivity index (χ0n) is 23.1. The molecule has 1 aliphatic rings. The van der Waals surface area contributed by atoms with Crippen LogP contribution in [0, 0.1) is 5.41 Å². The Hall–Kier alpha value is -0.790. The van der Waals surface area contributed by atoms with Gasteiger partial charge in [-0.15, -0.1) is 0 Å². The quantitative estimate of drug-likeness (QED) is 0.0642. The molecule has 1 rings (SSSR count). The lowest BCUT2D eigenvalue weighted by atomic mass is 9.87. The molecule has 2 amide bonds. The molecule has 0 spiro atoms. The molecule has 0 aromatic heterocycles. The van der Waals surface area contributed by atoms with Gasteiger partial charge >= 0.3 is 23.5 Å². The number of carbonyl (C=O) groups excluding carboxylic acids is 3. The molecular formula is C19H37N2O17P3S. The smallest absolute Gasteiger partial charge is 0.388 e. The van der Waals surface area contributed by atoms with Gasteiger partial charge in [-0.2, -0.15) is 4.31 Å². The lowest BCUT2D eigenvalue weighted by molar-refractivity contribution is -0.137. The average molecular weight is 690 g/mol. The molecule has 1 aliphatic heterocycles. The van der Waals surface area contributed by atoms with Gasteiger partial charge in [0.25, 0.3) is 0 Å². The summed E-state index contributed by atoms with van der Waals surface area (Å²) in [5.41, 5.74) is -1.56. The number of carbonyl (C=O) groups is 3. The van der Waals surface area contributed by atoms with E-state index in [2.05, 4.69) is 28.5 Å². The monoisotopic (exact) mass is 690 g/mol. The van der Waals surface area contributed by atoms with Crippen molar-refractivity contribution in [2.75, 3.05) is 32.1 Å². The minimum Gasteiger partial charge on any atom is -0.388 e. The molecular weight excluding hydrogens is 653 g/mol. The van der Waals surface area contributed by atoms with Crippen LogP contribution in [0.3, 0.4) is 0 Å². The summed E-state index contributed by atoms with van der Waals surface area (Å²) in [5.74, 6) is -0.988. The fraction of sp³-hybridized carbons (Fsp3) is 0.842. The third-order valence-electron chi connectivity index (χ3n) is 5.41. The Balaban J connectivity index is 2.57. The van der Waals surface area contributed by atoms with Gasteiger partial charge in [0.15, 0.2) is 5.12 Å². The number of aliphatic hydroxyl groups is 2. The van der Waals surface area contributed by atoms with Gasteiger partial charge in [-0.05, 0) is 6.92 Å². The highest BCUT2D eigenvalue weighted by Gasteiger charge is 2.47. The van der Waals surface area contributed by atoms with E-state index in [1.807, 2.05) is 0 Å². The minimum atomic E-state index is -5.40. The Morgan fingerprint density at radius 1 is 1.02 bits per heavy atom. The Labute approximate surface area is 245 Å². The molecule has 8 N–H and O–H groups in total. The number of hydrogen-bond donors (Lipinski definition) is 8. The molecule has 0 radical (unpaired) electrons. The number of phosphoric ester groups is 3. The summed E-state index contributed by atoms with van der Waals surface area (Å²) in [4.78, 5) is 72.6. The second-order valence-electron chi connectivity index (χ2n) is 9.64. The summed E-state index contributed by atoms with van der Waals surface area (Å²) < 4.78 is 58.6. The molecule has 42 heavy (non-hydrogen) atoms. The van der Waals surface area contributed by atoms with E-state index in [4.69, 9.17) is 14.5 Å². The zero-order chi connectivity index (χ0) is 32.5. The van der Waals surface area contributed by atoms with E-state index < -0.39 is 84.4 Å². The number of rotatable bonds is 18. The van der Waals surface area contributed by atoms with Crippen molar-refractivity contribution in [2.24, 2.45) is 5.41 Å². The van der Waals surface area contributed by atoms with Gasteiger partial charge in [-0.1, -0.05) is 25.6 Å². The van der Waals surface area contributed by atoms with E-state index in [-0.39, 0.29) is 24.6 Å². The molecule has 0 aliphatic carbocycles. The molecule has 1 saturated heterocycles. The number of hydrogen-bond acceptors (Lipinski definition) is 14. The van der Waals surface area contributed by atoms with Crippen LogP contribution in [-0.2, 0) is 50.7 Å². The molecule has 0 bridgehead atoms. The first-order chi connectivity index (χ1) is 19.1. The summed E-state index contributed by atoms with van der Waals surface area (Å²) in [6.45, 7) is 3.48. The standard InChI is InChI=1S/C19H37N2O17P3S/c1-11-15(24)16(37-39(27,28)29)13(36-11)9-34-40(30,31)38-41(32,33)35-10-19(3,4)17(25)18(26)21-6-5-14(23)20-7-8-42-12(2)22/h11,13,15-17,24-25H,5-10H2,1-4H3,(H,20,23)(H,21,26)(H,30,31)(H,32,33)(H2,27,28,29). The van der Waals surface area contributed by atoms with Crippen molar-refractivity contribution in [3.63, 3.8) is 0 Å². The van der Waals surface area contributed by atoms with Crippen molar-refractivity contribution in [1.82, 2.24) is 10.6 Å². The largest absolute Gasteiger partial charge is 0.481 e. The number of ether oxygens (including phenoxy) is 1. The number of phosphoric acid groups is 3. The minimum absolute atomic E-state index is 0.0996. The van der Waals surface area contributed by atoms with Gasteiger partial charge in [-0.25, -0.2) is 13.7 Å². The van der Waals surface area contributed by atoms with Crippen LogP contribution in [0.15, 0.2) is 0 Å². The van der Waals surface area contributed by atoms with Crippen LogP contribution in [0.1, 0.15) is 34.1 Å². The van der Waals surface area contributed by atoms with Gasteiger partial charge in [0, 0.05) is 37.6 Å². The molecule has 19 nitrogen and oxygen atoms in total. The maximum atomic E-state index is 12.3. The lowest BCUT2D eigenvalue weighted by Crippen LogP contribution is -2.46. The predicted octanol–water partition coefficient (Wildman–Crippen LogP) is -0.848. The predicted molar refractivity (Wildman–Crippen MR) is 143 cm³/mol. The van der Waals surface area contributed by atoms with Crippen LogP contribution in [0.5, 0.6) is 0 Å². The second-order valence-corrected chi connectivity index (χ2v) is 15.1. The topological polar surface area (TPSA) is 294 Å². The number of aliphatic hydroxyl groups excluding tert-OH is 2. The van der Waals surface area contributed by atoms with Crippen molar-refractivity contribution < 1.29 is 80.5 Å². The van der Waals surface area contributed by atoms with Crippen LogP contribution in [0.4, 0.5) is 0 Å². The lowest BCUT2D eigenvalue weighted by Gasteiger charge is -2.30. The summed E-state index contributed by atoms with van der Waals surface area (Å²) in [7, 11) is -15.9. The molecule has 1 heterocycles. The second kappa shape index (κ2) is 16.5. The highest BCUT2D eigenvalue weighted by molar-refractivity contribution is 8.13. The maximum Gasteiger partial charge on any atom is 0.481 e. The van der Waals surface area contributed by atoms with Crippen molar-refractivity contribution in [3.05, 3.63) is 0 Å². The fourth-order valence-electron chi connectivity index (χ4n) is 3.24. The van der Waals surface area contributed by atoms with Crippen LogP contribution < -0.4 is 10.6 Å². The van der Waals surface area contributed by atoms with Gasteiger partial charge in [0.05, 0.1) is 19.3 Å². The highest BCUT2D eigenvalue weighted by atomic mass is 32.2. The average Bonchev–Trinajstić information content (AvgIpc) is 3.09. The van der Waals surface area contributed by atoms with Gasteiger partial charge in [0.1, 0.15) is 24.4 Å². The third-order valence-corrected chi connectivity index (χ3v) is 9.32. The van der Waals surface area contributed by atoms with Crippen LogP contribution in [-0.4, -0.2) is 109 Å². The first kappa shape index (κ1) is 39.2. The summed E-state index contributed by atoms with van der Waals surface area (Å²) in [5, 5.41) is 25.1. The first-order valence-electron chi connectivity index (χ1n) is 12.1. The van der Waals surface area contributed by atoms with Crippen LogP contribution in [0.2, 0.25) is 0 Å². The van der Waals surface area contributed by atoms with Gasteiger partial charge in [0.2, 0.25) is 11.8 Å². The molecule has 0 saturated carbocycles. The van der Waals surface area contributed by atoms with E-state index in [1.54, 1.807) is 0 Å². The van der Waals surface area contributed by atoms with Crippen molar-refractivity contribution in [2.45, 2.75) is 64.6 Å². The van der Waals surface area contributed by atoms with E-state index in [0.29, 0.717) is 5.75 Å². The molecule has 0 aromatic rings. The molecule has 1 fully saturated rings. The molecule has 23 heteroatoms. The number of nitrogens with one attached hydrogen (secondary N) is 2. The highest BCUT2D eigenvalue weighted by Crippen LogP contribution is 2.61. The molecule has 7 atom stereocenters. The third kappa shape index (κ3) is 14.8. The van der Waals surface area contributed by atoms with E-state index in [0.717, 1.165) is 11.8 Å². The Kier molecular flexibility index (Phi) is 15.4. The van der Waals surface area contributed by atoms with Crippen molar-refractivity contribution >= 4 is 52.2 Å². The van der Waals surface area contributed by atoms with Crippen molar-refractivity contribution in [1.29, 1.82) is 0 Å². The van der Waals surface area contributed by atoms with E-state index in [1.165, 1.54) is 27.7 Å². The summed E-state index contributed by atoms with van der Waals surface area (Å²) in [6.07, 6.45) is -7.71. The Morgan fingerprint density at radius 2 is 1.62 bits per heavy atom. The number of amides is 2. The first-order valence-corrected chi connectivity index (χ1v) is 17.7. The fourth-order valence-corrected chi connectivity index (χ4v) is 6.56. The summed E-state index contributed by atoms with van der Waals surface area (Å²) >= 11 is 1.03. The molecule has 7 unspecified atom stereocenters. The normalized spacial score (nSPS) is 24.8. The Bertz CT molecular complexity index is 1090. The van der Waals surface area contributed by atoms with Crippen molar-refractivity contribution in [3.8, 4) is 0 Å². The SMILES string of the molecule is CC(=O)SCCNC(=O)CCNC(=O)C(O)C(C)(C)COP(=O)(O)OP(=O)(O)OCC1OC(C)C(O)C1OP(=O)(O)O. The zero-order valence-corrected chi connectivity index (χ0v) is 26.6. The van der Waals surface area contributed by atoms with Crippen LogP contribution >= 0.6 is 35.2 Å². The Morgan fingerprint density at radius 3 is 2.19 bits per heavy atom.